The molecule has 1 saturated carbocycles. The summed E-state index contributed by atoms with van der Waals surface area (Å²) < 4.78 is 5.26. The number of hydrogen-bond donors (Lipinski definition) is 1. The van der Waals surface area contributed by atoms with E-state index in [9.17, 15) is 5.11 Å². The van der Waals surface area contributed by atoms with Crippen molar-refractivity contribution in [2.75, 3.05) is 13.2 Å². The van der Waals surface area contributed by atoms with Gasteiger partial charge in [-0.3, -0.25) is 0 Å². The molecule has 0 amide bonds. The first-order valence-electron chi connectivity index (χ1n) is 4.51. The van der Waals surface area contributed by atoms with Crippen molar-refractivity contribution in [1.82, 2.24) is 0 Å². The maximum absolute atomic E-state index is 10.1. The summed E-state index contributed by atoms with van der Waals surface area (Å²) in [4.78, 5) is 0. The quantitative estimate of drug-likeness (QED) is 0.650. The highest BCUT2D eigenvalue weighted by Crippen LogP contribution is 2.45. The van der Waals surface area contributed by atoms with Gasteiger partial charge in [0, 0.05) is 12.5 Å². The van der Waals surface area contributed by atoms with Crippen molar-refractivity contribution in [3.8, 4) is 0 Å². The molecule has 1 N–H and O–H groups in total. The largest absolute Gasteiger partial charge is 0.390 e. The van der Waals surface area contributed by atoms with Crippen LogP contribution >= 0.6 is 0 Å². The first-order valence-corrected chi connectivity index (χ1v) is 4.51. The molecule has 11 heavy (non-hydrogen) atoms. The van der Waals surface area contributed by atoms with Gasteiger partial charge >= 0.3 is 0 Å². The molecule has 1 heterocycles. The molecule has 2 unspecified atom stereocenters. The Morgan fingerprint density at radius 2 is 2.00 bits per heavy atom. The highest BCUT2D eigenvalue weighted by molar-refractivity contribution is 4.96. The summed E-state index contributed by atoms with van der Waals surface area (Å²) in [6.07, 6.45) is 3.47. The van der Waals surface area contributed by atoms with Crippen LogP contribution in [0.15, 0.2) is 0 Å². The summed E-state index contributed by atoms with van der Waals surface area (Å²) in [7, 11) is 0. The van der Waals surface area contributed by atoms with Crippen molar-refractivity contribution in [3.63, 3.8) is 0 Å². The Morgan fingerprint density at radius 1 is 1.27 bits per heavy atom. The topological polar surface area (TPSA) is 29.5 Å². The molecule has 1 aliphatic heterocycles. The van der Waals surface area contributed by atoms with Crippen LogP contribution in [0.3, 0.4) is 0 Å². The van der Waals surface area contributed by atoms with Gasteiger partial charge in [0.15, 0.2) is 0 Å². The molecule has 2 heteroatoms. The summed E-state index contributed by atoms with van der Waals surface area (Å²) in [6, 6.07) is 0. The van der Waals surface area contributed by atoms with Gasteiger partial charge in [0.2, 0.25) is 0 Å². The van der Waals surface area contributed by atoms with Gasteiger partial charge in [-0.15, -0.1) is 0 Å². The lowest BCUT2D eigenvalue weighted by Gasteiger charge is -2.28. The Labute approximate surface area is 67.6 Å². The van der Waals surface area contributed by atoms with Gasteiger partial charge in [-0.1, -0.05) is 0 Å². The van der Waals surface area contributed by atoms with Crippen molar-refractivity contribution in [2.24, 2.45) is 11.8 Å². The maximum atomic E-state index is 10.1. The van der Waals surface area contributed by atoms with Crippen LogP contribution in [0.2, 0.25) is 0 Å². The first-order chi connectivity index (χ1) is 5.21. The summed E-state index contributed by atoms with van der Waals surface area (Å²) in [5, 5.41) is 10.1. The molecular formula is C9H16O2. The minimum atomic E-state index is -0.434. The molecule has 0 spiro atoms. The second-order valence-electron chi connectivity index (χ2n) is 4.06. The number of hydrogen-bond acceptors (Lipinski definition) is 2. The van der Waals surface area contributed by atoms with Crippen LogP contribution in [-0.2, 0) is 4.74 Å². The molecule has 2 rings (SSSR count). The van der Waals surface area contributed by atoms with Crippen LogP contribution in [0.4, 0.5) is 0 Å². The number of rotatable bonds is 2. The minimum absolute atomic E-state index is 0.398. The third kappa shape index (κ3) is 1.30. The third-order valence-corrected chi connectivity index (χ3v) is 3.16. The van der Waals surface area contributed by atoms with Gasteiger partial charge < -0.3 is 9.84 Å². The molecular weight excluding hydrogens is 140 g/mol. The van der Waals surface area contributed by atoms with E-state index in [0.717, 1.165) is 19.6 Å². The fourth-order valence-electron chi connectivity index (χ4n) is 2.00. The molecule has 1 aliphatic carbocycles. The van der Waals surface area contributed by atoms with E-state index in [-0.39, 0.29) is 0 Å². The summed E-state index contributed by atoms with van der Waals surface area (Å²) >= 11 is 0. The molecule has 0 aromatic heterocycles. The average molecular weight is 156 g/mol. The fraction of sp³-hybridized carbons (Fsp3) is 1.00. The number of aliphatic hydroxyl groups is 1. The highest BCUT2D eigenvalue weighted by Gasteiger charge is 2.46. The summed E-state index contributed by atoms with van der Waals surface area (Å²) in [6.45, 7) is 3.58. The smallest absolute Gasteiger partial charge is 0.0698 e. The second kappa shape index (κ2) is 2.46. The molecule has 2 nitrogen and oxygen atoms in total. The maximum Gasteiger partial charge on any atom is 0.0698 e. The van der Waals surface area contributed by atoms with Crippen LogP contribution in [0.5, 0.6) is 0 Å². The van der Waals surface area contributed by atoms with Crippen LogP contribution < -0.4 is 0 Å². The Balaban J connectivity index is 1.99. The Hall–Kier alpha value is -0.0800. The van der Waals surface area contributed by atoms with Crippen molar-refractivity contribution >= 4 is 0 Å². The van der Waals surface area contributed by atoms with Gasteiger partial charge in [-0.2, -0.15) is 0 Å². The van der Waals surface area contributed by atoms with Crippen molar-refractivity contribution < 1.29 is 9.84 Å². The molecule has 2 fully saturated rings. The van der Waals surface area contributed by atoms with Crippen molar-refractivity contribution in [2.45, 2.75) is 31.8 Å². The lowest BCUT2D eigenvalue weighted by atomic mass is 9.84. The number of ether oxygens (including phenoxy) is 1. The highest BCUT2D eigenvalue weighted by atomic mass is 16.5. The average Bonchev–Trinajstić information content (AvgIpc) is 2.66. The molecule has 0 radical (unpaired) electrons. The molecule has 2 aliphatic rings. The molecule has 0 bridgehead atoms. The Morgan fingerprint density at radius 3 is 2.45 bits per heavy atom. The van der Waals surface area contributed by atoms with E-state index in [0.29, 0.717) is 11.8 Å². The van der Waals surface area contributed by atoms with Crippen LogP contribution in [0, 0.1) is 11.8 Å². The van der Waals surface area contributed by atoms with E-state index < -0.39 is 5.60 Å². The van der Waals surface area contributed by atoms with E-state index in [1.165, 1.54) is 12.8 Å². The lowest BCUT2D eigenvalue weighted by Crippen LogP contribution is -2.37. The molecule has 0 aromatic rings. The zero-order valence-electron chi connectivity index (χ0n) is 7.05. The zero-order valence-corrected chi connectivity index (χ0v) is 7.05. The van der Waals surface area contributed by atoms with Crippen molar-refractivity contribution in [3.05, 3.63) is 0 Å². The van der Waals surface area contributed by atoms with Crippen LogP contribution in [0.1, 0.15) is 26.2 Å². The van der Waals surface area contributed by atoms with E-state index in [2.05, 4.69) is 0 Å². The fourth-order valence-corrected chi connectivity index (χ4v) is 2.00. The monoisotopic (exact) mass is 156 g/mol. The van der Waals surface area contributed by atoms with Gasteiger partial charge in [-0.25, -0.2) is 0 Å². The van der Waals surface area contributed by atoms with E-state index in [1.54, 1.807) is 0 Å². The zero-order chi connectivity index (χ0) is 7.90. The summed E-state index contributed by atoms with van der Waals surface area (Å²) in [5.41, 5.74) is -0.434. The normalized spacial score (nSPS) is 37.1. The lowest BCUT2D eigenvalue weighted by molar-refractivity contribution is -0.0246. The molecule has 1 saturated heterocycles. The Bertz CT molecular complexity index is 144. The molecule has 2 atom stereocenters. The minimum Gasteiger partial charge on any atom is -0.390 e. The van der Waals surface area contributed by atoms with Gasteiger partial charge in [0.1, 0.15) is 0 Å². The first kappa shape index (κ1) is 7.56. The molecule has 64 valence electrons. The SMILES string of the molecule is CC(O)(C1CC1)C1CCOC1. The van der Waals surface area contributed by atoms with E-state index in [1.807, 2.05) is 6.92 Å². The summed E-state index contributed by atoms with van der Waals surface area (Å²) in [5.74, 6) is 0.962. The van der Waals surface area contributed by atoms with Crippen LogP contribution in [0.25, 0.3) is 0 Å². The van der Waals surface area contributed by atoms with E-state index >= 15 is 0 Å². The van der Waals surface area contributed by atoms with Gasteiger partial charge in [-0.05, 0) is 32.1 Å². The standard InChI is InChI=1S/C9H16O2/c1-9(10,7-2-3-7)8-4-5-11-6-8/h7-8,10H,2-6H2,1H3. The molecule has 0 aromatic carbocycles. The predicted molar refractivity (Wildman–Crippen MR) is 42.3 cm³/mol. The van der Waals surface area contributed by atoms with Crippen molar-refractivity contribution in [1.29, 1.82) is 0 Å². The third-order valence-electron chi connectivity index (χ3n) is 3.16. The van der Waals surface area contributed by atoms with Crippen LogP contribution in [-0.4, -0.2) is 23.9 Å². The predicted octanol–water partition coefficient (Wildman–Crippen LogP) is 1.18. The second-order valence-corrected chi connectivity index (χ2v) is 4.06. The van der Waals surface area contributed by atoms with Gasteiger partial charge in [0.25, 0.3) is 0 Å². The Kier molecular flexibility index (Phi) is 1.69. The van der Waals surface area contributed by atoms with E-state index in [4.69, 9.17) is 4.74 Å². The van der Waals surface area contributed by atoms with Gasteiger partial charge in [0.05, 0.1) is 12.2 Å².